The van der Waals surface area contributed by atoms with Crippen molar-refractivity contribution in [2.45, 2.75) is 46.1 Å². The van der Waals surface area contributed by atoms with Gasteiger partial charge in [-0.25, -0.2) is 4.79 Å². The van der Waals surface area contributed by atoms with Gasteiger partial charge in [0.1, 0.15) is 11.4 Å². The predicted molar refractivity (Wildman–Crippen MR) is 80.7 cm³/mol. The van der Waals surface area contributed by atoms with Gasteiger partial charge in [-0.1, -0.05) is 6.92 Å². The minimum Gasteiger partial charge on any atom is -0.444 e. The maximum absolute atomic E-state index is 12.0. The fraction of sp³-hybridized carbons (Fsp3) is 0.714. The largest absolute Gasteiger partial charge is 0.444 e. The lowest BCUT2D eigenvalue weighted by Gasteiger charge is -2.31. The molecule has 1 aliphatic heterocycles. The first-order chi connectivity index (χ1) is 10.4. The van der Waals surface area contributed by atoms with Crippen LogP contribution in [0.2, 0.25) is 0 Å². The molecule has 9 heteroatoms. The number of amides is 1. The Morgan fingerprint density at radius 1 is 1.30 bits per heavy atom. The minimum atomic E-state index is -3.59. The standard InChI is InChI=1S/C13H23NO5S.CO2/c1-6-10-7-8-14(12(15)18-13(2,3)4)9-11(10)19-20(5,16)17;2-1-3/h6-9H2,1-5H3;. The van der Waals surface area contributed by atoms with Crippen molar-refractivity contribution in [3.63, 3.8) is 0 Å². The molecule has 1 heterocycles. The number of carbonyl (C=O) groups excluding carboxylic acids is 3. The molecule has 0 saturated heterocycles. The number of nitrogens with zero attached hydrogens (tertiary/aromatic N) is 1. The maximum atomic E-state index is 12.0. The van der Waals surface area contributed by atoms with Crippen LogP contribution in [-0.2, 0) is 28.6 Å². The zero-order chi connectivity index (χ0) is 18.3. The van der Waals surface area contributed by atoms with Gasteiger partial charge in [0.05, 0.1) is 12.8 Å². The van der Waals surface area contributed by atoms with Crippen LogP contribution in [0.5, 0.6) is 0 Å². The van der Waals surface area contributed by atoms with E-state index in [1.54, 1.807) is 20.8 Å². The highest BCUT2D eigenvalue weighted by Gasteiger charge is 2.28. The lowest BCUT2D eigenvalue weighted by molar-refractivity contribution is -0.191. The van der Waals surface area contributed by atoms with Crippen LogP contribution in [-0.4, -0.2) is 50.5 Å². The molecule has 0 N–H and O–H groups in total. The van der Waals surface area contributed by atoms with Gasteiger partial charge >= 0.3 is 22.4 Å². The van der Waals surface area contributed by atoms with Gasteiger partial charge in [0.15, 0.2) is 0 Å². The lowest BCUT2D eigenvalue weighted by atomic mass is 10.0. The van der Waals surface area contributed by atoms with Crippen LogP contribution in [0.25, 0.3) is 0 Å². The van der Waals surface area contributed by atoms with Crippen molar-refractivity contribution < 1.29 is 31.7 Å². The second-order valence-electron chi connectivity index (χ2n) is 5.90. The smallest absolute Gasteiger partial charge is 0.410 e. The molecule has 0 spiro atoms. The van der Waals surface area contributed by atoms with Gasteiger partial charge in [-0.3, -0.25) is 0 Å². The summed E-state index contributed by atoms with van der Waals surface area (Å²) < 4.78 is 32.8. The van der Waals surface area contributed by atoms with Crippen LogP contribution in [0.3, 0.4) is 0 Å². The van der Waals surface area contributed by atoms with Crippen molar-refractivity contribution in [2.24, 2.45) is 0 Å². The highest BCUT2D eigenvalue weighted by molar-refractivity contribution is 7.86. The third kappa shape index (κ3) is 9.00. The third-order valence-corrected chi connectivity index (χ3v) is 3.25. The van der Waals surface area contributed by atoms with Crippen LogP contribution in [0.15, 0.2) is 11.3 Å². The molecular formula is C14H23NO7S. The zero-order valence-electron chi connectivity index (χ0n) is 14.0. The molecule has 0 aromatic heterocycles. The molecule has 0 unspecified atom stereocenters. The van der Waals surface area contributed by atoms with Crippen LogP contribution < -0.4 is 0 Å². The Morgan fingerprint density at radius 3 is 2.22 bits per heavy atom. The van der Waals surface area contributed by atoms with Gasteiger partial charge in [0, 0.05) is 6.54 Å². The van der Waals surface area contributed by atoms with E-state index in [0.29, 0.717) is 25.1 Å². The van der Waals surface area contributed by atoms with Gasteiger partial charge < -0.3 is 13.8 Å². The average molecular weight is 349 g/mol. The highest BCUT2D eigenvalue weighted by Crippen LogP contribution is 2.24. The van der Waals surface area contributed by atoms with Gasteiger partial charge in [-0.05, 0) is 39.2 Å². The summed E-state index contributed by atoms with van der Waals surface area (Å²) >= 11 is 0. The highest BCUT2D eigenvalue weighted by atomic mass is 32.2. The minimum absolute atomic E-state index is 0.130. The van der Waals surface area contributed by atoms with Gasteiger partial charge in [-0.15, -0.1) is 0 Å². The molecule has 0 aliphatic carbocycles. The normalized spacial score (nSPS) is 15.3. The Bertz CT molecular complexity index is 581. The van der Waals surface area contributed by atoms with E-state index >= 15 is 0 Å². The monoisotopic (exact) mass is 349 g/mol. The molecule has 0 aromatic rings. The van der Waals surface area contributed by atoms with E-state index in [0.717, 1.165) is 11.8 Å². The molecule has 23 heavy (non-hydrogen) atoms. The van der Waals surface area contributed by atoms with E-state index in [1.807, 2.05) is 6.92 Å². The fourth-order valence-electron chi connectivity index (χ4n) is 1.90. The molecule has 1 aliphatic rings. The number of hydrogen-bond acceptors (Lipinski definition) is 7. The zero-order valence-corrected chi connectivity index (χ0v) is 14.9. The van der Waals surface area contributed by atoms with Crippen LogP contribution >= 0.6 is 0 Å². The first-order valence-electron chi connectivity index (χ1n) is 7.01. The molecule has 0 aromatic carbocycles. The van der Waals surface area contributed by atoms with Gasteiger partial charge in [0.25, 0.3) is 0 Å². The first kappa shape index (κ1) is 21.1. The number of ether oxygens (including phenoxy) is 1. The SMILES string of the molecule is CCC1=C(OS(C)(=O)=O)CN(C(=O)OC(C)(C)C)CC1.O=C=O. The van der Waals surface area contributed by atoms with Crippen molar-refractivity contribution in [1.29, 1.82) is 0 Å². The summed E-state index contributed by atoms with van der Waals surface area (Å²) in [6.07, 6.45) is 2.09. The van der Waals surface area contributed by atoms with Crippen molar-refractivity contribution in [3.8, 4) is 0 Å². The van der Waals surface area contributed by atoms with Crippen molar-refractivity contribution in [3.05, 3.63) is 11.3 Å². The van der Waals surface area contributed by atoms with Crippen molar-refractivity contribution >= 4 is 22.4 Å². The predicted octanol–water partition coefficient (Wildman–Crippen LogP) is 1.68. The molecule has 132 valence electrons. The summed E-state index contributed by atoms with van der Waals surface area (Å²) in [6.45, 7) is 7.94. The summed E-state index contributed by atoms with van der Waals surface area (Å²) in [5, 5.41) is 0. The number of hydrogen-bond donors (Lipinski definition) is 0. The van der Waals surface area contributed by atoms with E-state index in [1.165, 1.54) is 4.90 Å². The Hall–Kier alpha value is -1.86. The first-order valence-corrected chi connectivity index (χ1v) is 8.82. The van der Waals surface area contributed by atoms with Gasteiger partial charge in [0.2, 0.25) is 0 Å². The Kier molecular flexibility index (Phi) is 7.99. The average Bonchev–Trinajstić information content (AvgIpc) is 2.35. The molecule has 0 atom stereocenters. The Morgan fingerprint density at radius 2 is 1.83 bits per heavy atom. The molecular weight excluding hydrogens is 326 g/mol. The van der Waals surface area contributed by atoms with Crippen LogP contribution in [0.1, 0.15) is 40.5 Å². The lowest BCUT2D eigenvalue weighted by Crippen LogP contribution is -2.41. The molecule has 0 radical (unpaired) electrons. The second-order valence-corrected chi connectivity index (χ2v) is 7.48. The number of rotatable bonds is 3. The molecule has 1 rings (SSSR count). The topological polar surface area (TPSA) is 107 Å². The summed E-state index contributed by atoms with van der Waals surface area (Å²) in [6, 6.07) is 0. The summed E-state index contributed by atoms with van der Waals surface area (Å²) in [7, 11) is -3.59. The molecule has 1 amide bonds. The molecule has 0 bridgehead atoms. The second kappa shape index (κ2) is 8.69. The summed E-state index contributed by atoms with van der Waals surface area (Å²) in [5.74, 6) is 0.340. The molecule has 0 saturated carbocycles. The Balaban J connectivity index is 0.00000149. The molecule has 0 fully saturated rings. The quantitative estimate of drug-likeness (QED) is 0.713. The number of carbonyl (C=O) groups is 1. The van der Waals surface area contributed by atoms with E-state index in [4.69, 9.17) is 18.5 Å². The Labute approximate surface area is 136 Å². The van der Waals surface area contributed by atoms with E-state index in [9.17, 15) is 13.2 Å². The third-order valence-electron chi connectivity index (χ3n) is 2.74. The van der Waals surface area contributed by atoms with Crippen LogP contribution in [0, 0.1) is 0 Å². The summed E-state index contributed by atoms with van der Waals surface area (Å²) in [5.41, 5.74) is 0.346. The molecule has 8 nitrogen and oxygen atoms in total. The van der Waals surface area contributed by atoms with Gasteiger partial charge in [-0.2, -0.15) is 18.0 Å². The maximum Gasteiger partial charge on any atom is 0.410 e. The van der Waals surface area contributed by atoms with E-state index in [2.05, 4.69) is 0 Å². The van der Waals surface area contributed by atoms with Crippen molar-refractivity contribution in [1.82, 2.24) is 4.90 Å². The summed E-state index contributed by atoms with van der Waals surface area (Å²) in [4.78, 5) is 29.7. The van der Waals surface area contributed by atoms with Crippen LogP contribution in [0.4, 0.5) is 4.79 Å². The fourth-order valence-corrected chi connectivity index (χ4v) is 2.43. The van der Waals surface area contributed by atoms with Crippen molar-refractivity contribution in [2.75, 3.05) is 19.3 Å². The van der Waals surface area contributed by atoms with E-state index < -0.39 is 21.8 Å². The van der Waals surface area contributed by atoms with E-state index in [-0.39, 0.29) is 12.7 Å².